The van der Waals surface area contributed by atoms with Crippen molar-refractivity contribution in [3.63, 3.8) is 0 Å². The molecule has 5 nitrogen and oxygen atoms in total. The lowest BCUT2D eigenvalue weighted by atomic mass is 10.3. The third-order valence-electron chi connectivity index (χ3n) is 2.18. The third kappa shape index (κ3) is 2.70. The second-order valence-electron chi connectivity index (χ2n) is 3.46. The first-order chi connectivity index (χ1) is 8.70. The molecule has 2 aromatic rings. The summed E-state index contributed by atoms with van der Waals surface area (Å²) in [4.78, 5) is 19.7. The molecule has 0 unspecified atom stereocenters. The quantitative estimate of drug-likeness (QED) is 0.791. The molecule has 0 aliphatic carbocycles. The zero-order valence-electron chi connectivity index (χ0n) is 9.53. The largest absolute Gasteiger partial charge is 0.451 e. The van der Waals surface area contributed by atoms with Crippen LogP contribution in [-0.2, 0) is 4.74 Å². The number of nitriles is 1. The molecule has 18 heavy (non-hydrogen) atoms. The van der Waals surface area contributed by atoms with E-state index in [1.807, 2.05) is 11.4 Å². The van der Waals surface area contributed by atoms with Crippen molar-refractivity contribution in [1.82, 2.24) is 9.97 Å². The number of pyridine rings is 1. The van der Waals surface area contributed by atoms with Crippen LogP contribution in [0.5, 0.6) is 0 Å². The van der Waals surface area contributed by atoms with Gasteiger partial charge in [-0.3, -0.25) is 0 Å². The molecule has 6 heteroatoms. The van der Waals surface area contributed by atoms with E-state index in [0.717, 1.165) is 5.01 Å². The third-order valence-corrected chi connectivity index (χ3v) is 3.12. The van der Waals surface area contributed by atoms with Crippen LogP contribution in [0.1, 0.15) is 34.1 Å². The highest BCUT2D eigenvalue weighted by Crippen LogP contribution is 2.19. The monoisotopic (exact) mass is 259 g/mol. The molecular weight excluding hydrogens is 250 g/mol. The van der Waals surface area contributed by atoms with Crippen LogP contribution in [0.4, 0.5) is 0 Å². The van der Waals surface area contributed by atoms with Gasteiger partial charge < -0.3 is 4.74 Å². The smallest absolute Gasteiger partial charge is 0.357 e. The highest BCUT2D eigenvalue weighted by Gasteiger charge is 2.16. The molecule has 90 valence electrons. The zero-order chi connectivity index (χ0) is 13.0. The zero-order valence-corrected chi connectivity index (χ0v) is 10.3. The van der Waals surface area contributed by atoms with Crippen LogP contribution in [0.2, 0.25) is 0 Å². The molecule has 0 aliphatic rings. The Hall–Kier alpha value is -2.26. The summed E-state index contributed by atoms with van der Waals surface area (Å²) in [5, 5.41) is 11.2. The van der Waals surface area contributed by atoms with Crippen LogP contribution in [0.3, 0.4) is 0 Å². The number of aromatic nitrogens is 2. The number of carbonyl (C=O) groups excluding carboxylic acids is 1. The molecule has 0 saturated heterocycles. The van der Waals surface area contributed by atoms with Crippen LogP contribution in [0.25, 0.3) is 0 Å². The van der Waals surface area contributed by atoms with E-state index in [1.54, 1.807) is 13.1 Å². The van der Waals surface area contributed by atoms with Gasteiger partial charge in [0.2, 0.25) is 0 Å². The molecule has 2 aromatic heterocycles. The Morgan fingerprint density at radius 1 is 1.50 bits per heavy atom. The van der Waals surface area contributed by atoms with Crippen molar-refractivity contribution in [3.05, 3.63) is 46.2 Å². The first kappa shape index (κ1) is 12.2. The summed E-state index contributed by atoms with van der Waals surface area (Å²) >= 11 is 1.42. The Morgan fingerprint density at radius 2 is 2.33 bits per heavy atom. The minimum Gasteiger partial charge on any atom is -0.451 e. The molecule has 2 heterocycles. The number of carbonyl (C=O) groups is 1. The maximum absolute atomic E-state index is 11.8. The second kappa shape index (κ2) is 5.38. The van der Waals surface area contributed by atoms with Crippen LogP contribution in [0, 0.1) is 11.3 Å². The molecule has 2 rings (SSSR count). The van der Waals surface area contributed by atoms with E-state index in [4.69, 9.17) is 10.00 Å². The molecule has 0 spiro atoms. The van der Waals surface area contributed by atoms with E-state index in [-0.39, 0.29) is 5.69 Å². The lowest BCUT2D eigenvalue weighted by molar-refractivity contribution is 0.0330. The van der Waals surface area contributed by atoms with Crippen molar-refractivity contribution in [3.8, 4) is 6.07 Å². The Morgan fingerprint density at radius 3 is 2.89 bits per heavy atom. The van der Waals surface area contributed by atoms with Crippen molar-refractivity contribution in [1.29, 1.82) is 5.26 Å². The first-order valence-electron chi connectivity index (χ1n) is 5.17. The molecule has 0 N–H and O–H groups in total. The molecular formula is C12H9N3O2S. The molecule has 0 aromatic carbocycles. The average Bonchev–Trinajstić information content (AvgIpc) is 2.92. The van der Waals surface area contributed by atoms with E-state index in [9.17, 15) is 4.79 Å². The molecule has 0 bridgehead atoms. The highest BCUT2D eigenvalue weighted by molar-refractivity contribution is 7.09. The highest BCUT2D eigenvalue weighted by atomic mass is 32.1. The number of nitrogens with zero attached hydrogens (tertiary/aromatic N) is 3. The van der Waals surface area contributed by atoms with Gasteiger partial charge in [0.15, 0.2) is 6.10 Å². The van der Waals surface area contributed by atoms with Gasteiger partial charge in [0, 0.05) is 17.8 Å². The number of hydrogen-bond donors (Lipinski definition) is 0. The number of ether oxygens (including phenoxy) is 1. The van der Waals surface area contributed by atoms with Crippen molar-refractivity contribution < 1.29 is 9.53 Å². The van der Waals surface area contributed by atoms with Crippen LogP contribution in [0.15, 0.2) is 29.9 Å². The predicted molar refractivity (Wildman–Crippen MR) is 64.9 cm³/mol. The molecule has 0 amide bonds. The molecule has 0 radical (unpaired) electrons. The van der Waals surface area contributed by atoms with Gasteiger partial charge in [-0.1, -0.05) is 0 Å². The van der Waals surface area contributed by atoms with E-state index >= 15 is 0 Å². The fraction of sp³-hybridized carbons (Fsp3) is 0.167. The van der Waals surface area contributed by atoms with Gasteiger partial charge in [-0.05, 0) is 19.1 Å². The van der Waals surface area contributed by atoms with E-state index in [1.165, 1.54) is 29.7 Å². The predicted octanol–water partition coefficient (Wildman–Crippen LogP) is 2.33. The molecule has 0 aliphatic heterocycles. The molecule has 0 fully saturated rings. The average molecular weight is 259 g/mol. The summed E-state index contributed by atoms with van der Waals surface area (Å²) in [5.74, 6) is -0.526. The van der Waals surface area contributed by atoms with Gasteiger partial charge >= 0.3 is 5.97 Å². The number of hydrogen-bond acceptors (Lipinski definition) is 6. The van der Waals surface area contributed by atoms with Gasteiger partial charge in [0.1, 0.15) is 16.8 Å². The van der Waals surface area contributed by atoms with E-state index < -0.39 is 12.1 Å². The van der Waals surface area contributed by atoms with Crippen molar-refractivity contribution in [2.75, 3.05) is 0 Å². The number of rotatable bonds is 3. The van der Waals surface area contributed by atoms with Crippen LogP contribution < -0.4 is 0 Å². The van der Waals surface area contributed by atoms with E-state index in [0.29, 0.717) is 5.56 Å². The lowest BCUT2D eigenvalue weighted by Crippen LogP contribution is -2.10. The number of esters is 1. The fourth-order valence-corrected chi connectivity index (χ4v) is 1.91. The summed E-state index contributed by atoms with van der Waals surface area (Å²) in [7, 11) is 0. The Kier molecular flexibility index (Phi) is 3.65. The minimum absolute atomic E-state index is 0.178. The molecule has 0 saturated carbocycles. The normalized spacial score (nSPS) is 11.6. The summed E-state index contributed by atoms with van der Waals surface area (Å²) in [6.45, 7) is 1.75. The SMILES string of the molecule is C[C@H](OC(=O)c1ccc(C#N)cn1)c1nccs1. The van der Waals surface area contributed by atoms with Crippen LogP contribution in [-0.4, -0.2) is 15.9 Å². The van der Waals surface area contributed by atoms with Crippen molar-refractivity contribution in [2.45, 2.75) is 13.0 Å². The maximum Gasteiger partial charge on any atom is 0.357 e. The van der Waals surface area contributed by atoms with Crippen molar-refractivity contribution in [2.24, 2.45) is 0 Å². The fourth-order valence-electron chi connectivity index (χ4n) is 1.29. The maximum atomic E-state index is 11.8. The second-order valence-corrected chi connectivity index (χ2v) is 4.39. The molecule has 1 atom stereocenters. The number of thiazole rings is 1. The van der Waals surface area contributed by atoms with Gasteiger partial charge in [-0.25, -0.2) is 14.8 Å². The Labute approximate surface area is 108 Å². The standard InChI is InChI=1S/C12H9N3O2S/c1-8(11-14-4-5-18-11)17-12(16)10-3-2-9(6-13)7-15-10/h2-5,7-8H,1H3/t8-/m0/s1. The summed E-state index contributed by atoms with van der Waals surface area (Å²) in [6.07, 6.45) is 2.59. The summed E-state index contributed by atoms with van der Waals surface area (Å²) < 4.78 is 5.22. The van der Waals surface area contributed by atoms with Crippen molar-refractivity contribution >= 4 is 17.3 Å². The van der Waals surface area contributed by atoms with Gasteiger partial charge in [0.25, 0.3) is 0 Å². The van der Waals surface area contributed by atoms with Gasteiger partial charge in [0.05, 0.1) is 5.56 Å². The first-order valence-corrected chi connectivity index (χ1v) is 6.05. The lowest BCUT2D eigenvalue weighted by Gasteiger charge is -2.09. The van der Waals surface area contributed by atoms with Gasteiger partial charge in [-0.2, -0.15) is 5.26 Å². The summed E-state index contributed by atoms with van der Waals surface area (Å²) in [6, 6.07) is 4.93. The Bertz CT molecular complexity index is 572. The topological polar surface area (TPSA) is 75.9 Å². The Balaban J connectivity index is 2.05. The van der Waals surface area contributed by atoms with Crippen LogP contribution >= 0.6 is 11.3 Å². The van der Waals surface area contributed by atoms with E-state index in [2.05, 4.69) is 9.97 Å². The minimum atomic E-state index is -0.526. The summed E-state index contributed by atoms with van der Waals surface area (Å²) in [5.41, 5.74) is 0.580. The van der Waals surface area contributed by atoms with Gasteiger partial charge in [-0.15, -0.1) is 11.3 Å².